The Hall–Kier alpha value is -1.88. The van der Waals surface area contributed by atoms with Crippen molar-refractivity contribution in [3.05, 3.63) is 35.9 Å². The molecule has 0 bridgehead atoms. The van der Waals surface area contributed by atoms with E-state index in [9.17, 15) is 9.59 Å². The summed E-state index contributed by atoms with van der Waals surface area (Å²) >= 11 is 0. The molecule has 98 valence electrons. The molecule has 0 fully saturated rings. The van der Waals surface area contributed by atoms with Crippen LogP contribution in [0.15, 0.2) is 30.3 Å². The summed E-state index contributed by atoms with van der Waals surface area (Å²) in [5.74, 6) is -1.49. The van der Waals surface area contributed by atoms with Crippen LogP contribution in [0.3, 0.4) is 0 Å². The van der Waals surface area contributed by atoms with E-state index in [0.717, 1.165) is 5.56 Å². The van der Waals surface area contributed by atoms with Gasteiger partial charge in [0.2, 0.25) is 5.91 Å². The molecule has 5 heteroatoms. The first-order valence-corrected chi connectivity index (χ1v) is 5.87. The van der Waals surface area contributed by atoms with Crippen LogP contribution in [0.2, 0.25) is 0 Å². The molecule has 0 aromatic heterocycles. The van der Waals surface area contributed by atoms with Crippen LogP contribution in [0.1, 0.15) is 18.9 Å². The van der Waals surface area contributed by atoms with Gasteiger partial charge in [0.25, 0.3) is 0 Å². The molecule has 18 heavy (non-hydrogen) atoms. The molecule has 0 saturated carbocycles. The number of carboxylic acid groups (broad SMARTS) is 1. The molecule has 2 atom stereocenters. The molecule has 1 aromatic rings. The topological polar surface area (TPSA) is 92.4 Å². The number of nitrogens with one attached hydrogen (secondary N) is 1. The molecule has 0 aliphatic rings. The number of carbonyl (C=O) groups excluding carboxylic acids is 1. The van der Waals surface area contributed by atoms with Crippen molar-refractivity contribution in [1.29, 1.82) is 0 Å². The van der Waals surface area contributed by atoms with Gasteiger partial charge in [-0.1, -0.05) is 37.3 Å². The van der Waals surface area contributed by atoms with Crippen LogP contribution in [0, 0.1) is 0 Å². The normalized spacial score (nSPS) is 13.7. The second kappa shape index (κ2) is 6.76. The number of aliphatic carboxylic acids is 1. The van der Waals surface area contributed by atoms with Crippen molar-refractivity contribution in [2.45, 2.75) is 31.8 Å². The number of benzene rings is 1. The maximum absolute atomic E-state index is 11.6. The van der Waals surface area contributed by atoms with Crippen molar-refractivity contribution >= 4 is 11.9 Å². The first-order chi connectivity index (χ1) is 8.54. The van der Waals surface area contributed by atoms with Crippen LogP contribution in [0.4, 0.5) is 0 Å². The number of hydrogen-bond donors (Lipinski definition) is 3. The van der Waals surface area contributed by atoms with Crippen molar-refractivity contribution < 1.29 is 14.7 Å². The number of hydrogen-bond acceptors (Lipinski definition) is 3. The largest absolute Gasteiger partial charge is 0.480 e. The predicted octanol–water partition coefficient (Wildman–Crippen LogP) is 0.536. The van der Waals surface area contributed by atoms with Crippen LogP contribution in [-0.2, 0) is 16.0 Å². The minimum absolute atomic E-state index is 0.248. The van der Waals surface area contributed by atoms with Gasteiger partial charge in [0.05, 0.1) is 6.04 Å². The maximum Gasteiger partial charge on any atom is 0.326 e. The quantitative estimate of drug-likeness (QED) is 0.687. The molecule has 5 nitrogen and oxygen atoms in total. The van der Waals surface area contributed by atoms with Gasteiger partial charge < -0.3 is 16.2 Å². The highest BCUT2D eigenvalue weighted by molar-refractivity contribution is 5.86. The molecule has 0 heterocycles. The summed E-state index contributed by atoms with van der Waals surface area (Å²) in [6, 6.07) is 7.54. The molecule has 1 aromatic carbocycles. The zero-order valence-corrected chi connectivity index (χ0v) is 10.3. The van der Waals surface area contributed by atoms with E-state index in [4.69, 9.17) is 10.8 Å². The van der Waals surface area contributed by atoms with Crippen molar-refractivity contribution in [2.24, 2.45) is 5.73 Å². The molecular weight excluding hydrogens is 232 g/mol. The molecule has 2 unspecified atom stereocenters. The third-order valence-electron chi connectivity index (χ3n) is 2.67. The lowest BCUT2D eigenvalue weighted by Crippen LogP contribution is -2.49. The number of nitrogens with two attached hydrogens (primary N) is 1. The molecule has 0 spiro atoms. The van der Waals surface area contributed by atoms with Gasteiger partial charge in [0.1, 0.15) is 6.04 Å². The fraction of sp³-hybridized carbons (Fsp3) is 0.385. The molecule has 1 amide bonds. The van der Waals surface area contributed by atoms with Gasteiger partial charge in [0.15, 0.2) is 0 Å². The summed E-state index contributed by atoms with van der Waals surface area (Å²) in [6.45, 7) is 1.78. The Morgan fingerprint density at radius 2 is 1.94 bits per heavy atom. The van der Waals surface area contributed by atoms with Gasteiger partial charge in [-0.25, -0.2) is 4.79 Å². The Bertz CT molecular complexity index is 406. The predicted molar refractivity (Wildman–Crippen MR) is 68.0 cm³/mol. The maximum atomic E-state index is 11.6. The zero-order valence-electron chi connectivity index (χ0n) is 10.3. The summed E-state index contributed by atoms with van der Waals surface area (Å²) in [7, 11) is 0. The van der Waals surface area contributed by atoms with Crippen molar-refractivity contribution in [1.82, 2.24) is 5.32 Å². The Morgan fingerprint density at radius 1 is 1.33 bits per heavy atom. The van der Waals surface area contributed by atoms with Crippen LogP contribution >= 0.6 is 0 Å². The average molecular weight is 250 g/mol. The first kappa shape index (κ1) is 14.2. The van der Waals surface area contributed by atoms with E-state index in [1.165, 1.54) is 0 Å². The van der Waals surface area contributed by atoms with Crippen LogP contribution < -0.4 is 11.1 Å². The van der Waals surface area contributed by atoms with Crippen LogP contribution in [-0.4, -0.2) is 29.1 Å². The van der Waals surface area contributed by atoms with Gasteiger partial charge >= 0.3 is 5.97 Å². The smallest absolute Gasteiger partial charge is 0.326 e. The molecule has 0 aliphatic heterocycles. The number of amides is 1. The standard InChI is InChI=1S/C13H18N2O3/c1-2-10(14)12(16)15-11(13(17)18)8-9-6-4-3-5-7-9/h3-7,10-11H,2,8,14H2,1H3,(H,15,16)(H,17,18). The summed E-state index contributed by atoms with van der Waals surface area (Å²) in [5.41, 5.74) is 6.41. The van der Waals surface area contributed by atoms with E-state index < -0.39 is 24.0 Å². The molecule has 0 saturated heterocycles. The Labute approximate surface area is 106 Å². The number of carboxylic acids is 1. The van der Waals surface area contributed by atoms with E-state index in [1.807, 2.05) is 30.3 Å². The third-order valence-corrected chi connectivity index (χ3v) is 2.67. The van der Waals surface area contributed by atoms with Gasteiger partial charge in [-0.05, 0) is 12.0 Å². The SMILES string of the molecule is CCC(N)C(=O)NC(Cc1ccccc1)C(=O)O. The van der Waals surface area contributed by atoms with Crippen LogP contribution in [0.5, 0.6) is 0 Å². The number of carbonyl (C=O) groups is 2. The molecule has 1 rings (SSSR count). The van der Waals surface area contributed by atoms with Crippen molar-refractivity contribution in [3.8, 4) is 0 Å². The monoisotopic (exact) mass is 250 g/mol. The van der Waals surface area contributed by atoms with E-state index in [0.29, 0.717) is 6.42 Å². The highest BCUT2D eigenvalue weighted by Crippen LogP contribution is 2.04. The van der Waals surface area contributed by atoms with Crippen molar-refractivity contribution in [2.75, 3.05) is 0 Å². The van der Waals surface area contributed by atoms with E-state index in [-0.39, 0.29) is 6.42 Å². The number of rotatable bonds is 6. The van der Waals surface area contributed by atoms with Gasteiger partial charge in [-0.15, -0.1) is 0 Å². The molecular formula is C13H18N2O3. The Kier molecular flexibility index (Phi) is 5.32. The van der Waals surface area contributed by atoms with Gasteiger partial charge in [0, 0.05) is 6.42 Å². The molecule has 4 N–H and O–H groups in total. The molecule has 0 aliphatic carbocycles. The average Bonchev–Trinajstić information content (AvgIpc) is 2.37. The minimum atomic E-state index is -1.06. The Balaban J connectivity index is 2.67. The summed E-state index contributed by atoms with van der Waals surface area (Å²) in [4.78, 5) is 22.7. The second-order valence-corrected chi connectivity index (χ2v) is 4.10. The van der Waals surface area contributed by atoms with E-state index in [1.54, 1.807) is 6.92 Å². The lowest BCUT2D eigenvalue weighted by atomic mass is 10.1. The minimum Gasteiger partial charge on any atom is -0.480 e. The zero-order chi connectivity index (χ0) is 13.5. The summed E-state index contributed by atoms with van der Waals surface area (Å²) < 4.78 is 0. The molecule has 0 radical (unpaired) electrons. The first-order valence-electron chi connectivity index (χ1n) is 5.87. The van der Waals surface area contributed by atoms with Gasteiger partial charge in [-0.3, -0.25) is 4.79 Å². The van der Waals surface area contributed by atoms with Crippen LogP contribution in [0.25, 0.3) is 0 Å². The summed E-state index contributed by atoms with van der Waals surface area (Å²) in [6.07, 6.45) is 0.724. The highest BCUT2D eigenvalue weighted by Gasteiger charge is 2.22. The second-order valence-electron chi connectivity index (χ2n) is 4.10. The van der Waals surface area contributed by atoms with Crippen molar-refractivity contribution in [3.63, 3.8) is 0 Å². The van der Waals surface area contributed by atoms with E-state index in [2.05, 4.69) is 5.32 Å². The van der Waals surface area contributed by atoms with Gasteiger partial charge in [-0.2, -0.15) is 0 Å². The lowest BCUT2D eigenvalue weighted by Gasteiger charge is -2.17. The lowest BCUT2D eigenvalue weighted by molar-refractivity contribution is -0.142. The third kappa shape index (κ3) is 4.18. The highest BCUT2D eigenvalue weighted by atomic mass is 16.4. The summed E-state index contributed by atoms with van der Waals surface area (Å²) in [5, 5.41) is 11.5. The Morgan fingerprint density at radius 3 is 2.44 bits per heavy atom. The fourth-order valence-electron chi connectivity index (χ4n) is 1.51. The van der Waals surface area contributed by atoms with E-state index >= 15 is 0 Å². The fourth-order valence-corrected chi connectivity index (χ4v) is 1.51.